The van der Waals surface area contributed by atoms with Crippen LogP contribution in [0.3, 0.4) is 0 Å². The van der Waals surface area contributed by atoms with Gasteiger partial charge in [0.15, 0.2) is 0 Å². The smallest absolute Gasteiger partial charge is 0.0604 e. The topological polar surface area (TPSA) is 39.1 Å². The lowest BCUT2D eigenvalue weighted by Gasteiger charge is -2.35. The van der Waals surface area contributed by atoms with Crippen LogP contribution in [0.2, 0.25) is 0 Å². The minimum atomic E-state index is 0.485. The number of ether oxygens (including phenoxy) is 1. The third-order valence-electron chi connectivity index (χ3n) is 2.99. The number of aromatic nitrogens is 2. The first-order chi connectivity index (χ1) is 7.29. The van der Waals surface area contributed by atoms with Crippen molar-refractivity contribution in [3.05, 3.63) is 18.0 Å². The number of nitrogens with zero attached hydrogens (tertiary/aromatic N) is 2. The largest absolute Gasteiger partial charge is 0.378 e. The van der Waals surface area contributed by atoms with Crippen LogP contribution in [0, 0.1) is 0 Å². The summed E-state index contributed by atoms with van der Waals surface area (Å²) in [6.45, 7) is 3.79. The Balaban J connectivity index is 1.66. The molecule has 0 bridgehead atoms. The van der Waals surface area contributed by atoms with Gasteiger partial charge in [0.1, 0.15) is 0 Å². The molecule has 4 nitrogen and oxygen atoms in total. The first-order valence-electron chi connectivity index (χ1n) is 5.61. The molecule has 0 atom stereocenters. The van der Waals surface area contributed by atoms with E-state index in [2.05, 4.69) is 17.3 Å². The van der Waals surface area contributed by atoms with Crippen molar-refractivity contribution in [2.75, 3.05) is 6.61 Å². The third-order valence-corrected chi connectivity index (χ3v) is 2.99. The summed E-state index contributed by atoms with van der Waals surface area (Å²) < 4.78 is 7.42. The molecule has 84 valence electrons. The summed E-state index contributed by atoms with van der Waals surface area (Å²) >= 11 is 0. The molecule has 0 radical (unpaired) electrons. The van der Waals surface area contributed by atoms with Crippen LogP contribution in [0.25, 0.3) is 0 Å². The third kappa shape index (κ3) is 2.58. The molecule has 0 saturated heterocycles. The zero-order chi connectivity index (χ0) is 10.7. The normalized spacial score (nSPS) is 25.2. The van der Waals surface area contributed by atoms with E-state index in [1.807, 2.05) is 24.0 Å². The Kier molecular flexibility index (Phi) is 3.38. The quantitative estimate of drug-likeness (QED) is 0.788. The van der Waals surface area contributed by atoms with Gasteiger partial charge >= 0.3 is 0 Å². The Morgan fingerprint density at radius 2 is 2.40 bits per heavy atom. The minimum Gasteiger partial charge on any atom is -0.378 e. The number of hydrogen-bond donors (Lipinski definition) is 1. The number of nitrogens with one attached hydrogen (secondary N) is 1. The fraction of sp³-hybridized carbons (Fsp3) is 0.727. The van der Waals surface area contributed by atoms with Crippen LogP contribution in [-0.2, 0) is 18.3 Å². The van der Waals surface area contributed by atoms with E-state index < -0.39 is 0 Å². The lowest BCUT2D eigenvalue weighted by molar-refractivity contribution is -0.0103. The molecule has 1 heterocycles. The van der Waals surface area contributed by atoms with Gasteiger partial charge in [-0.2, -0.15) is 5.10 Å². The summed E-state index contributed by atoms with van der Waals surface area (Å²) in [4.78, 5) is 0. The van der Waals surface area contributed by atoms with Gasteiger partial charge in [-0.25, -0.2) is 0 Å². The zero-order valence-corrected chi connectivity index (χ0v) is 9.44. The molecule has 1 fully saturated rings. The van der Waals surface area contributed by atoms with Gasteiger partial charge in [-0.15, -0.1) is 0 Å². The number of hydrogen-bond acceptors (Lipinski definition) is 3. The van der Waals surface area contributed by atoms with Gasteiger partial charge in [0.25, 0.3) is 0 Å². The predicted octanol–water partition coefficient (Wildman–Crippen LogP) is 1.08. The molecular formula is C11H19N3O. The van der Waals surface area contributed by atoms with E-state index in [4.69, 9.17) is 4.74 Å². The zero-order valence-electron chi connectivity index (χ0n) is 9.44. The lowest BCUT2D eigenvalue weighted by atomic mass is 9.89. The molecule has 15 heavy (non-hydrogen) atoms. The Bertz CT molecular complexity index is 305. The van der Waals surface area contributed by atoms with Crippen molar-refractivity contribution in [3.63, 3.8) is 0 Å². The first-order valence-corrected chi connectivity index (χ1v) is 5.61. The molecule has 1 aromatic heterocycles. The van der Waals surface area contributed by atoms with Crippen LogP contribution in [0.15, 0.2) is 12.3 Å². The van der Waals surface area contributed by atoms with Crippen molar-refractivity contribution in [1.29, 1.82) is 0 Å². The summed E-state index contributed by atoms with van der Waals surface area (Å²) in [7, 11) is 1.97. The fourth-order valence-electron chi connectivity index (χ4n) is 1.93. The second-order valence-corrected chi connectivity index (χ2v) is 4.07. The van der Waals surface area contributed by atoms with Crippen molar-refractivity contribution in [2.45, 2.75) is 38.5 Å². The Hall–Kier alpha value is -0.870. The summed E-state index contributed by atoms with van der Waals surface area (Å²) in [5, 5.41) is 7.64. The molecule has 0 unspecified atom stereocenters. The summed E-state index contributed by atoms with van der Waals surface area (Å²) in [6, 6.07) is 2.67. The fourth-order valence-corrected chi connectivity index (χ4v) is 1.93. The SMILES string of the molecule is CCOC1CC(NCc2ccnn2C)C1. The van der Waals surface area contributed by atoms with Crippen LogP contribution >= 0.6 is 0 Å². The molecule has 0 aromatic carbocycles. The molecule has 1 aliphatic rings. The molecule has 0 aliphatic heterocycles. The van der Waals surface area contributed by atoms with Crippen LogP contribution in [0.5, 0.6) is 0 Å². The summed E-state index contributed by atoms with van der Waals surface area (Å²) in [5.74, 6) is 0. The van der Waals surface area contributed by atoms with E-state index >= 15 is 0 Å². The highest BCUT2D eigenvalue weighted by atomic mass is 16.5. The van der Waals surface area contributed by atoms with E-state index in [1.165, 1.54) is 5.69 Å². The second-order valence-electron chi connectivity index (χ2n) is 4.07. The maximum atomic E-state index is 5.51. The Morgan fingerprint density at radius 3 is 3.00 bits per heavy atom. The molecular weight excluding hydrogens is 190 g/mol. The molecule has 1 N–H and O–H groups in total. The van der Waals surface area contributed by atoms with Gasteiger partial charge in [-0.3, -0.25) is 4.68 Å². The molecule has 1 saturated carbocycles. The van der Waals surface area contributed by atoms with E-state index in [1.54, 1.807) is 0 Å². The maximum absolute atomic E-state index is 5.51. The molecule has 0 spiro atoms. The highest BCUT2D eigenvalue weighted by Crippen LogP contribution is 2.23. The summed E-state index contributed by atoms with van der Waals surface area (Å²) in [5.41, 5.74) is 1.23. The van der Waals surface area contributed by atoms with Gasteiger partial charge in [0, 0.05) is 32.4 Å². The van der Waals surface area contributed by atoms with Crippen LogP contribution in [-0.4, -0.2) is 28.5 Å². The van der Waals surface area contributed by atoms with Crippen molar-refractivity contribution in [2.24, 2.45) is 7.05 Å². The lowest BCUT2D eigenvalue weighted by Crippen LogP contribution is -2.45. The monoisotopic (exact) mass is 209 g/mol. The average molecular weight is 209 g/mol. The molecule has 4 heteroatoms. The Morgan fingerprint density at radius 1 is 1.60 bits per heavy atom. The predicted molar refractivity (Wildman–Crippen MR) is 58.5 cm³/mol. The van der Waals surface area contributed by atoms with Gasteiger partial charge in [-0.05, 0) is 25.8 Å². The van der Waals surface area contributed by atoms with E-state index in [0.717, 1.165) is 26.0 Å². The molecule has 2 rings (SSSR count). The van der Waals surface area contributed by atoms with Gasteiger partial charge in [0.2, 0.25) is 0 Å². The highest BCUT2D eigenvalue weighted by molar-refractivity contribution is 5.00. The van der Waals surface area contributed by atoms with Crippen molar-refractivity contribution < 1.29 is 4.74 Å². The van der Waals surface area contributed by atoms with Gasteiger partial charge < -0.3 is 10.1 Å². The van der Waals surface area contributed by atoms with Gasteiger partial charge in [0.05, 0.1) is 11.8 Å². The Labute approximate surface area is 90.6 Å². The highest BCUT2D eigenvalue weighted by Gasteiger charge is 2.28. The molecule has 0 amide bonds. The van der Waals surface area contributed by atoms with Crippen LogP contribution < -0.4 is 5.32 Å². The molecule has 1 aromatic rings. The van der Waals surface area contributed by atoms with E-state index in [-0.39, 0.29) is 0 Å². The van der Waals surface area contributed by atoms with E-state index in [9.17, 15) is 0 Å². The first kappa shape index (κ1) is 10.6. The van der Waals surface area contributed by atoms with Crippen molar-refractivity contribution in [3.8, 4) is 0 Å². The minimum absolute atomic E-state index is 0.485. The van der Waals surface area contributed by atoms with Crippen LogP contribution in [0.1, 0.15) is 25.5 Å². The second kappa shape index (κ2) is 4.77. The number of aryl methyl sites for hydroxylation is 1. The van der Waals surface area contributed by atoms with Crippen molar-refractivity contribution in [1.82, 2.24) is 15.1 Å². The van der Waals surface area contributed by atoms with Crippen LogP contribution in [0.4, 0.5) is 0 Å². The van der Waals surface area contributed by atoms with E-state index in [0.29, 0.717) is 12.1 Å². The van der Waals surface area contributed by atoms with Gasteiger partial charge in [-0.1, -0.05) is 0 Å². The average Bonchev–Trinajstić information content (AvgIpc) is 2.55. The number of rotatable bonds is 5. The van der Waals surface area contributed by atoms with Crippen molar-refractivity contribution >= 4 is 0 Å². The maximum Gasteiger partial charge on any atom is 0.0604 e. The summed E-state index contributed by atoms with van der Waals surface area (Å²) in [6.07, 6.45) is 4.61. The molecule has 1 aliphatic carbocycles. The standard InChI is InChI=1S/C11H19N3O/c1-3-15-11-6-9(7-11)12-8-10-4-5-13-14(10)2/h4-5,9,11-12H,3,6-8H2,1-2H3.